The molecule has 0 saturated carbocycles. The van der Waals surface area contributed by atoms with Crippen molar-refractivity contribution in [3.8, 4) is 0 Å². The van der Waals surface area contributed by atoms with E-state index in [1.54, 1.807) is 26.6 Å². The van der Waals surface area contributed by atoms with Crippen LogP contribution < -0.4 is 0 Å². The van der Waals surface area contributed by atoms with Crippen molar-refractivity contribution in [3.63, 3.8) is 0 Å². The maximum absolute atomic E-state index is 5.55. The highest BCUT2D eigenvalue weighted by molar-refractivity contribution is 6.60. The van der Waals surface area contributed by atoms with Gasteiger partial charge in [0.25, 0.3) is 0 Å². The van der Waals surface area contributed by atoms with Crippen LogP contribution in [0.4, 0.5) is 0 Å². The average Bonchev–Trinajstić information content (AvgIpc) is 2.29. The van der Waals surface area contributed by atoms with Crippen molar-refractivity contribution in [2.45, 2.75) is 32.7 Å². The van der Waals surface area contributed by atoms with Crippen LogP contribution in [0, 0.1) is 0 Å². The molecule has 0 aliphatic rings. The fraction of sp³-hybridized carbons (Fsp3) is 0.800. The van der Waals surface area contributed by atoms with Crippen LogP contribution in [0.15, 0.2) is 12.3 Å². The lowest BCUT2D eigenvalue weighted by Gasteiger charge is -2.25. The first-order valence-electron chi connectivity index (χ1n) is 5.21. The minimum Gasteiger partial charge on any atom is -0.476 e. The molecule has 0 aliphatic heterocycles. The summed E-state index contributed by atoms with van der Waals surface area (Å²) in [6, 6.07) is 0.829. The number of hydrogen-bond donors (Lipinski definition) is 0. The second-order valence-electron chi connectivity index (χ2n) is 3.09. The summed E-state index contributed by atoms with van der Waals surface area (Å²) in [6.45, 7) is 4.19. The summed E-state index contributed by atoms with van der Waals surface area (Å²) >= 11 is 0. The van der Waals surface area contributed by atoms with E-state index in [0.29, 0.717) is 0 Å². The Balaban J connectivity index is 3.99. The summed E-state index contributed by atoms with van der Waals surface area (Å²) in [7, 11) is 0.779. The molecule has 0 radical (unpaired) electrons. The van der Waals surface area contributed by atoms with Crippen molar-refractivity contribution in [2.24, 2.45) is 0 Å². The molecule has 90 valence electrons. The van der Waals surface area contributed by atoms with Gasteiger partial charge in [0.2, 0.25) is 0 Å². The third kappa shape index (κ3) is 5.94. The van der Waals surface area contributed by atoms with E-state index >= 15 is 0 Å². The Labute approximate surface area is 93.5 Å². The van der Waals surface area contributed by atoms with E-state index in [-0.39, 0.29) is 6.79 Å². The minimum absolute atomic E-state index is 0.182. The Morgan fingerprint density at radius 1 is 1.20 bits per heavy atom. The third-order valence-corrected chi connectivity index (χ3v) is 4.81. The van der Waals surface area contributed by atoms with E-state index in [0.717, 1.165) is 18.9 Å². The van der Waals surface area contributed by atoms with Crippen molar-refractivity contribution in [1.82, 2.24) is 0 Å². The highest BCUT2D eigenvalue weighted by Gasteiger charge is 2.38. The van der Waals surface area contributed by atoms with Crippen molar-refractivity contribution in [2.75, 3.05) is 21.0 Å². The molecule has 0 aliphatic carbocycles. The summed E-state index contributed by atoms with van der Waals surface area (Å²) in [5, 5.41) is 0. The van der Waals surface area contributed by atoms with Crippen LogP contribution in [-0.4, -0.2) is 29.8 Å². The van der Waals surface area contributed by atoms with E-state index in [1.165, 1.54) is 0 Å². The van der Waals surface area contributed by atoms with Gasteiger partial charge in [-0.05, 0) is 13.3 Å². The summed E-state index contributed by atoms with van der Waals surface area (Å²) in [5.74, 6) is 0. The van der Waals surface area contributed by atoms with Crippen LogP contribution in [0.25, 0.3) is 0 Å². The van der Waals surface area contributed by atoms with Crippen molar-refractivity contribution >= 4 is 8.80 Å². The summed E-state index contributed by atoms with van der Waals surface area (Å²) in [4.78, 5) is 0. The Kier molecular flexibility index (Phi) is 8.69. The maximum Gasteiger partial charge on any atom is 0.502 e. The standard InChI is InChI=1S/C10H22O4Si/c1-5-7-9-15(11-3,12-4)14-10-13-8-6-2/h6,8H,5,7,9-10H2,1-4H3. The SMILES string of the molecule is CC=COCO[Si](CCCC)(OC)OC. The van der Waals surface area contributed by atoms with Crippen LogP contribution in [0.1, 0.15) is 26.7 Å². The maximum atomic E-state index is 5.55. The zero-order valence-electron chi connectivity index (χ0n) is 10.1. The molecule has 5 heteroatoms. The van der Waals surface area contributed by atoms with Crippen molar-refractivity contribution < 1.29 is 18.0 Å². The van der Waals surface area contributed by atoms with Gasteiger partial charge in [0.1, 0.15) is 0 Å². The summed E-state index contributed by atoms with van der Waals surface area (Å²) < 4.78 is 21.4. The van der Waals surface area contributed by atoms with Crippen molar-refractivity contribution in [1.29, 1.82) is 0 Å². The molecule has 0 N–H and O–H groups in total. The molecule has 0 heterocycles. The second-order valence-corrected chi connectivity index (χ2v) is 6.06. The van der Waals surface area contributed by atoms with Gasteiger partial charge in [0.15, 0.2) is 6.79 Å². The predicted molar refractivity (Wildman–Crippen MR) is 61.3 cm³/mol. The van der Waals surface area contributed by atoms with Gasteiger partial charge in [-0.15, -0.1) is 0 Å². The lowest BCUT2D eigenvalue weighted by molar-refractivity contribution is 0.00591. The number of rotatable bonds is 9. The largest absolute Gasteiger partial charge is 0.502 e. The van der Waals surface area contributed by atoms with Crippen LogP contribution >= 0.6 is 0 Å². The molecule has 0 aromatic heterocycles. The van der Waals surface area contributed by atoms with Gasteiger partial charge in [0.05, 0.1) is 6.26 Å². The van der Waals surface area contributed by atoms with Crippen LogP contribution in [0.2, 0.25) is 6.04 Å². The Hall–Kier alpha value is -0.363. The van der Waals surface area contributed by atoms with Crippen LogP contribution in [0.5, 0.6) is 0 Å². The van der Waals surface area contributed by atoms with Gasteiger partial charge < -0.3 is 18.0 Å². The van der Waals surface area contributed by atoms with Gasteiger partial charge in [-0.3, -0.25) is 0 Å². The summed E-state index contributed by atoms with van der Waals surface area (Å²) in [6.07, 6.45) is 5.53. The van der Waals surface area contributed by atoms with Gasteiger partial charge in [-0.25, -0.2) is 0 Å². The van der Waals surface area contributed by atoms with E-state index in [4.69, 9.17) is 18.0 Å². The minimum atomic E-state index is -2.47. The molecule has 0 aromatic rings. The molecule has 0 bridgehead atoms. The van der Waals surface area contributed by atoms with Gasteiger partial charge >= 0.3 is 8.80 Å². The van der Waals surface area contributed by atoms with Crippen molar-refractivity contribution in [3.05, 3.63) is 12.3 Å². The first-order valence-corrected chi connectivity index (χ1v) is 7.15. The lowest BCUT2D eigenvalue weighted by Crippen LogP contribution is -2.44. The zero-order valence-corrected chi connectivity index (χ0v) is 11.1. The van der Waals surface area contributed by atoms with E-state index in [1.807, 2.05) is 6.92 Å². The third-order valence-electron chi connectivity index (χ3n) is 2.04. The highest BCUT2D eigenvalue weighted by Crippen LogP contribution is 2.17. The normalized spacial score (nSPS) is 12.3. The van der Waals surface area contributed by atoms with E-state index in [2.05, 4.69) is 6.92 Å². The molecule has 0 saturated heterocycles. The van der Waals surface area contributed by atoms with E-state index < -0.39 is 8.80 Å². The van der Waals surface area contributed by atoms with Gasteiger partial charge in [-0.1, -0.05) is 19.4 Å². The molecule has 4 nitrogen and oxygen atoms in total. The molecule has 0 fully saturated rings. The highest BCUT2D eigenvalue weighted by atomic mass is 28.4. The first kappa shape index (κ1) is 14.6. The molecule has 0 aromatic carbocycles. The quantitative estimate of drug-likeness (QED) is 0.266. The number of hydrogen-bond acceptors (Lipinski definition) is 4. The molecule has 0 unspecified atom stereocenters. The van der Waals surface area contributed by atoms with E-state index in [9.17, 15) is 0 Å². The molecular formula is C10H22O4Si. The first-order chi connectivity index (χ1) is 7.24. The van der Waals surface area contributed by atoms with Crippen LogP contribution in [0.3, 0.4) is 0 Å². The molecule has 0 rings (SSSR count). The fourth-order valence-corrected chi connectivity index (χ4v) is 3.12. The predicted octanol–water partition coefficient (Wildman–Crippen LogP) is 2.54. The molecule has 0 spiro atoms. The average molecular weight is 234 g/mol. The lowest BCUT2D eigenvalue weighted by atomic mass is 10.4. The van der Waals surface area contributed by atoms with Gasteiger partial charge in [0, 0.05) is 20.3 Å². The second kappa shape index (κ2) is 8.91. The number of allylic oxidation sites excluding steroid dienone is 1. The van der Waals surface area contributed by atoms with Crippen LogP contribution in [-0.2, 0) is 18.0 Å². The summed E-state index contributed by atoms with van der Waals surface area (Å²) in [5.41, 5.74) is 0. The fourth-order valence-electron chi connectivity index (χ4n) is 1.13. The smallest absolute Gasteiger partial charge is 0.476 e. The molecule has 0 amide bonds. The number of unbranched alkanes of at least 4 members (excludes halogenated alkanes) is 1. The van der Waals surface area contributed by atoms with Gasteiger partial charge in [-0.2, -0.15) is 0 Å². The zero-order chi connectivity index (χ0) is 11.6. The molecular weight excluding hydrogens is 212 g/mol. The Bertz CT molecular complexity index is 169. The number of ether oxygens (including phenoxy) is 1. The topological polar surface area (TPSA) is 36.9 Å². The molecule has 15 heavy (non-hydrogen) atoms. The monoisotopic (exact) mass is 234 g/mol. The Morgan fingerprint density at radius 2 is 1.87 bits per heavy atom. The Morgan fingerprint density at radius 3 is 2.33 bits per heavy atom. The molecule has 0 atom stereocenters.